The number of nitrogens with two attached hydrogens (primary N) is 1. The van der Waals surface area contributed by atoms with Crippen molar-refractivity contribution in [1.29, 1.82) is 0 Å². The molecule has 0 aliphatic carbocycles. The van der Waals surface area contributed by atoms with Gasteiger partial charge in [-0.05, 0) is 0 Å². The highest BCUT2D eigenvalue weighted by molar-refractivity contribution is 7.91. The minimum atomic E-state index is -3.00. The molecule has 0 saturated carbocycles. The van der Waals surface area contributed by atoms with Crippen LogP contribution >= 0.6 is 0 Å². The summed E-state index contributed by atoms with van der Waals surface area (Å²) in [4.78, 5) is 0. The van der Waals surface area contributed by atoms with Gasteiger partial charge in [0.1, 0.15) is 17.9 Å². The highest BCUT2D eigenvalue weighted by atomic mass is 32.2. The van der Waals surface area contributed by atoms with Crippen LogP contribution in [0.1, 0.15) is 0 Å². The average Bonchev–Trinajstić information content (AvgIpc) is 2.25. The summed E-state index contributed by atoms with van der Waals surface area (Å²) in [7, 11) is -1.41. The molecule has 1 heterocycles. The van der Waals surface area contributed by atoms with Gasteiger partial charge in [-0.3, -0.25) is 0 Å². The van der Waals surface area contributed by atoms with Crippen molar-refractivity contribution in [3.05, 3.63) is 0 Å². The van der Waals surface area contributed by atoms with Crippen LogP contribution in [0.25, 0.3) is 0 Å². The van der Waals surface area contributed by atoms with E-state index in [1.54, 1.807) is 7.11 Å². The lowest BCUT2D eigenvalue weighted by atomic mass is 10.2. The summed E-state index contributed by atoms with van der Waals surface area (Å²) in [6, 6.07) is -0.208. The minimum Gasteiger partial charge on any atom is -0.386 e. The molecule has 1 aliphatic rings. The molecule has 1 rings (SSSR count). The van der Waals surface area contributed by atoms with Gasteiger partial charge in [-0.2, -0.15) is 0 Å². The zero-order valence-electron chi connectivity index (χ0n) is 7.64. The summed E-state index contributed by atoms with van der Waals surface area (Å²) >= 11 is 0. The Morgan fingerprint density at radius 3 is 2.69 bits per heavy atom. The molecule has 3 N–H and O–H groups in total. The zero-order valence-corrected chi connectivity index (χ0v) is 8.46. The summed E-state index contributed by atoms with van der Waals surface area (Å²) in [5.41, 5.74) is 0. The molecule has 78 valence electrons. The molecule has 0 spiro atoms. The maximum atomic E-state index is 11.1. The van der Waals surface area contributed by atoms with Crippen molar-refractivity contribution in [2.24, 2.45) is 0 Å². The van der Waals surface area contributed by atoms with Crippen LogP contribution in [0.15, 0.2) is 0 Å². The molecule has 1 saturated heterocycles. The number of aliphatic hydroxyl groups is 1. The molecule has 0 aromatic rings. The van der Waals surface area contributed by atoms with E-state index in [2.05, 4.69) is 0 Å². The van der Waals surface area contributed by atoms with Gasteiger partial charge in [-0.15, -0.1) is 0 Å². The van der Waals surface area contributed by atoms with Crippen molar-refractivity contribution < 1.29 is 23.6 Å². The van der Waals surface area contributed by atoms with Crippen LogP contribution < -0.4 is 5.32 Å². The highest BCUT2D eigenvalue weighted by Gasteiger charge is 2.38. The summed E-state index contributed by atoms with van der Waals surface area (Å²) < 4.78 is 27.0. The Hall–Kier alpha value is -0.170. The molecule has 2 atom stereocenters. The van der Waals surface area contributed by atoms with E-state index in [9.17, 15) is 13.5 Å². The van der Waals surface area contributed by atoms with E-state index in [0.717, 1.165) is 0 Å². The van der Waals surface area contributed by atoms with Gasteiger partial charge in [-0.25, -0.2) is 8.42 Å². The van der Waals surface area contributed by atoms with Crippen molar-refractivity contribution in [3.63, 3.8) is 0 Å². The van der Waals surface area contributed by atoms with Gasteiger partial charge in [0.05, 0.1) is 18.9 Å². The van der Waals surface area contributed by atoms with Crippen LogP contribution in [-0.4, -0.2) is 57.4 Å². The number of hydrogen-bond acceptors (Lipinski definition) is 4. The second kappa shape index (κ2) is 4.36. The van der Waals surface area contributed by atoms with Crippen molar-refractivity contribution >= 4 is 9.84 Å². The lowest BCUT2D eigenvalue weighted by Crippen LogP contribution is -2.93. The molecule has 0 aromatic heterocycles. The third-order valence-corrected chi connectivity index (χ3v) is 3.90. The Morgan fingerprint density at radius 1 is 1.54 bits per heavy atom. The molecule has 1 fully saturated rings. The fraction of sp³-hybridized carbons (Fsp3) is 1.00. The first kappa shape index (κ1) is 10.9. The maximum Gasteiger partial charge on any atom is 0.159 e. The van der Waals surface area contributed by atoms with Crippen molar-refractivity contribution in [2.45, 2.75) is 12.1 Å². The van der Waals surface area contributed by atoms with Crippen LogP contribution in [0.3, 0.4) is 0 Å². The first-order chi connectivity index (χ1) is 6.05. The molecule has 0 bridgehead atoms. The molecule has 0 radical (unpaired) electrons. The highest BCUT2D eigenvalue weighted by Crippen LogP contribution is 2.08. The number of quaternary nitrogens is 1. The summed E-state index contributed by atoms with van der Waals surface area (Å²) in [6.07, 6.45) is -0.721. The molecular weight excluding hydrogens is 194 g/mol. The second-order valence-corrected chi connectivity index (χ2v) is 5.48. The number of methoxy groups -OCH3 is 1. The first-order valence-corrected chi connectivity index (χ1v) is 6.08. The van der Waals surface area contributed by atoms with Crippen LogP contribution in [0.5, 0.6) is 0 Å². The molecule has 0 unspecified atom stereocenters. The van der Waals surface area contributed by atoms with E-state index in [4.69, 9.17) is 4.74 Å². The van der Waals surface area contributed by atoms with Crippen molar-refractivity contribution in [2.75, 3.05) is 31.8 Å². The van der Waals surface area contributed by atoms with E-state index >= 15 is 0 Å². The van der Waals surface area contributed by atoms with Gasteiger partial charge in [0, 0.05) is 7.11 Å². The Morgan fingerprint density at radius 2 is 2.23 bits per heavy atom. The molecular formula is C7H16NO4S+. The van der Waals surface area contributed by atoms with Gasteiger partial charge < -0.3 is 15.2 Å². The predicted octanol–water partition coefficient (Wildman–Crippen LogP) is -2.65. The lowest BCUT2D eigenvalue weighted by molar-refractivity contribution is -0.691. The largest absolute Gasteiger partial charge is 0.386 e. The topological polar surface area (TPSA) is 80.2 Å². The summed E-state index contributed by atoms with van der Waals surface area (Å²) in [5, 5.41) is 11.2. The average molecular weight is 210 g/mol. The molecule has 13 heavy (non-hydrogen) atoms. The Balaban J connectivity index is 2.36. The summed E-state index contributed by atoms with van der Waals surface area (Å²) in [6.45, 7) is 1.26. The van der Waals surface area contributed by atoms with E-state index in [1.807, 2.05) is 5.32 Å². The quantitative estimate of drug-likeness (QED) is 0.497. The molecule has 0 aromatic carbocycles. The summed E-state index contributed by atoms with van der Waals surface area (Å²) in [5.74, 6) is -0.0149. The Labute approximate surface area is 78.0 Å². The Kier molecular flexibility index (Phi) is 3.66. The van der Waals surface area contributed by atoms with Gasteiger partial charge in [0.15, 0.2) is 9.84 Å². The standard InChI is InChI=1S/C7H15NO4S/c1-12-3-2-8-6-4-13(10,11)5-7(6)9/h6-9H,2-5H2,1H3/p+1/t6-,7-/m1/s1. The van der Waals surface area contributed by atoms with E-state index < -0.39 is 15.9 Å². The molecule has 1 aliphatic heterocycles. The third kappa shape index (κ3) is 3.22. The van der Waals surface area contributed by atoms with Crippen LogP contribution in [0.2, 0.25) is 0 Å². The van der Waals surface area contributed by atoms with Gasteiger partial charge in [0.2, 0.25) is 0 Å². The molecule has 6 heteroatoms. The van der Waals surface area contributed by atoms with E-state index in [1.165, 1.54) is 0 Å². The van der Waals surface area contributed by atoms with Gasteiger partial charge in [0.25, 0.3) is 0 Å². The number of ether oxygens (including phenoxy) is 1. The maximum absolute atomic E-state index is 11.1. The second-order valence-electron chi connectivity index (χ2n) is 3.33. The number of aliphatic hydroxyl groups excluding tert-OH is 1. The minimum absolute atomic E-state index is 0.0812. The predicted molar refractivity (Wildman–Crippen MR) is 47.1 cm³/mol. The van der Waals surface area contributed by atoms with Gasteiger partial charge >= 0.3 is 0 Å². The smallest absolute Gasteiger partial charge is 0.159 e. The monoisotopic (exact) mass is 210 g/mol. The van der Waals surface area contributed by atoms with Crippen molar-refractivity contribution in [3.8, 4) is 0 Å². The number of hydrogen-bond donors (Lipinski definition) is 2. The van der Waals surface area contributed by atoms with Crippen LogP contribution in [0, 0.1) is 0 Å². The fourth-order valence-electron chi connectivity index (χ4n) is 1.48. The van der Waals surface area contributed by atoms with Crippen LogP contribution in [-0.2, 0) is 14.6 Å². The number of sulfone groups is 1. The molecule has 0 amide bonds. The van der Waals surface area contributed by atoms with Gasteiger partial charge in [-0.1, -0.05) is 0 Å². The van der Waals surface area contributed by atoms with E-state index in [0.29, 0.717) is 13.2 Å². The Bertz CT molecular complexity index is 251. The zero-order chi connectivity index (χ0) is 9.90. The molecule has 5 nitrogen and oxygen atoms in total. The SMILES string of the molecule is COCC[NH2+][C@@H]1CS(=O)(=O)C[C@H]1O. The lowest BCUT2D eigenvalue weighted by Gasteiger charge is -2.10. The van der Waals surface area contributed by atoms with Crippen LogP contribution in [0.4, 0.5) is 0 Å². The normalized spacial score (nSPS) is 32.2. The first-order valence-electron chi connectivity index (χ1n) is 4.26. The van der Waals surface area contributed by atoms with Crippen molar-refractivity contribution in [1.82, 2.24) is 0 Å². The van der Waals surface area contributed by atoms with E-state index in [-0.39, 0.29) is 17.5 Å². The number of rotatable bonds is 4. The third-order valence-electron chi connectivity index (χ3n) is 2.16. The fourth-order valence-corrected chi connectivity index (χ4v) is 3.33.